The summed E-state index contributed by atoms with van der Waals surface area (Å²) in [6.45, 7) is 6.92. The summed E-state index contributed by atoms with van der Waals surface area (Å²) in [7, 11) is 0. The predicted octanol–water partition coefficient (Wildman–Crippen LogP) is 2.70. The molecule has 2 aliphatic heterocycles. The minimum atomic E-state index is -0.636. The standard InChI is InChI=1S/C14H25NO2S/c1-14(2)8-12(9-18-10-14)15-5-3-11(4-6-15)7-13(16)17/h11-12H,3-10H2,1-2H3,(H,16,17). The van der Waals surface area contributed by atoms with Gasteiger partial charge >= 0.3 is 5.97 Å². The lowest BCUT2D eigenvalue weighted by Crippen LogP contribution is -2.47. The first-order valence-corrected chi connectivity index (χ1v) is 8.15. The zero-order valence-electron chi connectivity index (χ0n) is 11.5. The monoisotopic (exact) mass is 271 g/mol. The summed E-state index contributed by atoms with van der Waals surface area (Å²) in [5, 5.41) is 8.83. The van der Waals surface area contributed by atoms with Gasteiger partial charge in [-0.25, -0.2) is 0 Å². The molecule has 0 aromatic heterocycles. The first kappa shape index (κ1) is 14.2. The number of nitrogens with zero attached hydrogens (tertiary/aromatic N) is 1. The van der Waals surface area contributed by atoms with Crippen molar-refractivity contribution in [2.45, 2.75) is 45.6 Å². The number of carboxylic acid groups (broad SMARTS) is 1. The molecule has 0 saturated carbocycles. The quantitative estimate of drug-likeness (QED) is 0.857. The van der Waals surface area contributed by atoms with Crippen LogP contribution in [0.3, 0.4) is 0 Å². The number of hydrogen-bond donors (Lipinski definition) is 1. The van der Waals surface area contributed by atoms with E-state index >= 15 is 0 Å². The van der Waals surface area contributed by atoms with E-state index in [4.69, 9.17) is 5.11 Å². The average Bonchev–Trinajstić information content (AvgIpc) is 2.28. The Labute approximate surface area is 114 Å². The molecule has 4 heteroatoms. The zero-order chi connectivity index (χ0) is 13.2. The van der Waals surface area contributed by atoms with E-state index in [1.54, 1.807) is 0 Å². The third kappa shape index (κ3) is 3.89. The van der Waals surface area contributed by atoms with Gasteiger partial charge in [-0.05, 0) is 49.4 Å². The fourth-order valence-electron chi connectivity index (χ4n) is 3.23. The van der Waals surface area contributed by atoms with Crippen molar-refractivity contribution in [2.24, 2.45) is 11.3 Å². The smallest absolute Gasteiger partial charge is 0.303 e. The van der Waals surface area contributed by atoms with E-state index in [0.717, 1.165) is 25.9 Å². The normalized spacial score (nSPS) is 30.2. The second-order valence-corrected chi connectivity index (χ2v) is 7.64. The van der Waals surface area contributed by atoms with E-state index in [-0.39, 0.29) is 0 Å². The van der Waals surface area contributed by atoms with Crippen molar-refractivity contribution in [1.29, 1.82) is 0 Å². The molecule has 2 heterocycles. The van der Waals surface area contributed by atoms with Gasteiger partial charge in [0.25, 0.3) is 0 Å². The Morgan fingerprint density at radius 1 is 1.39 bits per heavy atom. The number of rotatable bonds is 3. The van der Waals surface area contributed by atoms with Gasteiger partial charge in [0.15, 0.2) is 0 Å². The Kier molecular flexibility index (Phi) is 4.59. The third-order valence-corrected chi connectivity index (χ3v) is 5.83. The lowest BCUT2D eigenvalue weighted by Gasteiger charge is -2.43. The van der Waals surface area contributed by atoms with Gasteiger partial charge in [-0.3, -0.25) is 9.69 Å². The van der Waals surface area contributed by atoms with Crippen LogP contribution in [0.5, 0.6) is 0 Å². The fourth-order valence-corrected chi connectivity index (χ4v) is 4.62. The maximum atomic E-state index is 10.7. The summed E-state index contributed by atoms with van der Waals surface area (Å²) in [5.41, 5.74) is 0.464. The minimum Gasteiger partial charge on any atom is -0.481 e. The highest BCUT2D eigenvalue weighted by Gasteiger charge is 2.33. The summed E-state index contributed by atoms with van der Waals surface area (Å²) in [6, 6.07) is 0.713. The molecule has 0 aromatic carbocycles. The van der Waals surface area contributed by atoms with E-state index in [2.05, 4.69) is 30.5 Å². The van der Waals surface area contributed by atoms with Crippen LogP contribution in [0, 0.1) is 11.3 Å². The molecule has 1 N–H and O–H groups in total. The molecule has 0 aliphatic carbocycles. The largest absolute Gasteiger partial charge is 0.481 e. The number of likely N-dealkylation sites (tertiary alicyclic amines) is 1. The molecule has 2 fully saturated rings. The Balaban J connectivity index is 1.80. The summed E-state index contributed by atoms with van der Waals surface area (Å²) < 4.78 is 0. The number of aliphatic carboxylic acids is 1. The second-order valence-electron chi connectivity index (χ2n) is 6.61. The van der Waals surface area contributed by atoms with E-state index in [0.29, 0.717) is 23.8 Å². The van der Waals surface area contributed by atoms with Crippen LogP contribution in [0.2, 0.25) is 0 Å². The topological polar surface area (TPSA) is 40.5 Å². The van der Waals surface area contributed by atoms with Crippen LogP contribution in [0.4, 0.5) is 0 Å². The molecule has 0 aromatic rings. The van der Waals surface area contributed by atoms with E-state index in [1.807, 2.05) is 0 Å². The molecule has 1 atom stereocenters. The lowest BCUT2D eigenvalue weighted by molar-refractivity contribution is -0.138. The van der Waals surface area contributed by atoms with Crippen molar-refractivity contribution >= 4 is 17.7 Å². The van der Waals surface area contributed by atoms with Crippen LogP contribution in [0.25, 0.3) is 0 Å². The summed E-state index contributed by atoms with van der Waals surface area (Å²) in [6.07, 6.45) is 3.78. The number of piperidine rings is 1. The maximum Gasteiger partial charge on any atom is 0.303 e. The molecule has 1 unspecified atom stereocenters. The molecule has 18 heavy (non-hydrogen) atoms. The molecule has 2 saturated heterocycles. The van der Waals surface area contributed by atoms with Crippen LogP contribution in [0.15, 0.2) is 0 Å². The number of hydrogen-bond acceptors (Lipinski definition) is 3. The summed E-state index contributed by atoms with van der Waals surface area (Å²) in [4.78, 5) is 13.3. The van der Waals surface area contributed by atoms with Crippen molar-refractivity contribution in [2.75, 3.05) is 24.6 Å². The van der Waals surface area contributed by atoms with Gasteiger partial charge in [0.2, 0.25) is 0 Å². The Morgan fingerprint density at radius 3 is 2.61 bits per heavy atom. The first-order valence-electron chi connectivity index (χ1n) is 7.00. The predicted molar refractivity (Wildman–Crippen MR) is 76.1 cm³/mol. The molecule has 2 rings (SSSR count). The second kappa shape index (κ2) is 5.83. The zero-order valence-corrected chi connectivity index (χ0v) is 12.3. The van der Waals surface area contributed by atoms with Gasteiger partial charge in [0.1, 0.15) is 0 Å². The molecule has 0 amide bonds. The molecule has 0 radical (unpaired) electrons. The Morgan fingerprint density at radius 2 is 2.06 bits per heavy atom. The van der Waals surface area contributed by atoms with Crippen molar-refractivity contribution in [3.63, 3.8) is 0 Å². The van der Waals surface area contributed by atoms with Crippen LogP contribution in [-0.4, -0.2) is 46.6 Å². The summed E-state index contributed by atoms with van der Waals surface area (Å²) >= 11 is 2.08. The third-order valence-electron chi connectivity index (χ3n) is 4.22. The number of carbonyl (C=O) groups is 1. The van der Waals surface area contributed by atoms with Crippen molar-refractivity contribution in [3.8, 4) is 0 Å². The Hall–Kier alpha value is -0.220. The number of carboxylic acids is 1. The first-order chi connectivity index (χ1) is 8.46. The Bertz CT molecular complexity index is 298. The highest BCUT2D eigenvalue weighted by atomic mass is 32.2. The van der Waals surface area contributed by atoms with Crippen LogP contribution < -0.4 is 0 Å². The van der Waals surface area contributed by atoms with Gasteiger partial charge in [-0.15, -0.1) is 0 Å². The van der Waals surface area contributed by atoms with Crippen LogP contribution >= 0.6 is 11.8 Å². The molecule has 0 spiro atoms. The molecule has 0 bridgehead atoms. The van der Waals surface area contributed by atoms with Gasteiger partial charge < -0.3 is 5.11 Å². The lowest BCUT2D eigenvalue weighted by atomic mass is 9.85. The molecule has 3 nitrogen and oxygen atoms in total. The average molecular weight is 271 g/mol. The molecular formula is C14H25NO2S. The van der Waals surface area contributed by atoms with E-state index < -0.39 is 5.97 Å². The van der Waals surface area contributed by atoms with Crippen molar-refractivity contribution in [1.82, 2.24) is 4.90 Å². The molecular weight excluding hydrogens is 246 g/mol. The minimum absolute atomic E-state index is 0.360. The molecule has 2 aliphatic rings. The highest BCUT2D eigenvalue weighted by Crippen LogP contribution is 2.36. The maximum absolute atomic E-state index is 10.7. The highest BCUT2D eigenvalue weighted by molar-refractivity contribution is 7.99. The van der Waals surface area contributed by atoms with Crippen LogP contribution in [0.1, 0.15) is 39.5 Å². The fraction of sp³-hybridized carbons (Fsp3) is 0.929. The van der Waals surface area contributed by atoms with Gasteiger partial charge in [0.05, 0.1) is 0 Å². The van der Waals surface area contributed by atoms with E-state index in [9.17, 15) is 4.79 Å². The van der Waals surface area contributed by atoms with Gasteiger partial charge in [-0.2, -0.15) is 11.8 Å². The molecule has 104 valence electrons. The van der Waals surface area contributed by atoms with Crippen LogP contribution in [-0.2, 0) is 4.79 Å². The van der Waals surface area contributed by atoms with Gasteiger partial charge in [-0.1, -0.05) is 13.8 Å². The SMILES string of the molecule is CC1(C)CSCC(N2CCC(CC(=O)O)CC2)C1. The number of thioether (sulfide) groups is 1. The van der Waals surface area contributed by atoms with Crippen molar-refractivity contribution < 1.29 is 9.90 Å². The van der Waals surface area contributed by atoms with Crippen molar-refractivity contribution in [3.05, 3.63) is 0 Å². The summed E-state index contributed by atoms with van der Waals surface area (Å²) in [5.74, 6) is 2.30. The van der Waals surface area contributed by atoms with E-state index in [1.165, 1.54) is 17.9 Å². The van der Waals surface area contributed by atoms with Gasteiger partial charge in [0, 0.05) is 18.2 Å².